The van der Waals surface area contributed by atoms with Crippen LogP contribution in [0.3, 0.4) is 0 Å². The van der Waals surface area contributed by atoms with E-state index in [1.165, 1.54) is 25.7 Å². The summed E-state index contributed by atoms with van der Waals surface area (Å²) in [5, 5.41) is 9.37. The van der Waals surface area contributed by atoms with Crippen LogP contribution in [0.2, 0.25) is 0 Å². The second kappa shape index (κ2) is 7.68. The Morgan fingerprint density at radius 1 is 0.870 bits per heavy atom. The Morgan fingerprint density at radius 2 is 1.48 bits per heavy atom. The van der Waals surface area contributed by atoms with E-state index in [4.69, 9.17) is 0 Å². The van der Waals surface area contributed by atoms with Gasteiger partial charge in [-0.15, -0.1) is 0 Å². The van der Waals surface area contributed by atoms with E-state index in [0.717, 1.165) is 45.0 Å². The number of amides is 1. The molecule has 1 N–H and O–H groups in total. The normalized spacial score (nSPS) is 20.3. The SMILES string of the molecule is O=C(CN1CCCCCC1)N1CCN(c2ccc(O)cc2)CC1. The molecule has 0 spiro atoms. The summed E-state index contributed by atoms with van der Waals surface area (Å²) >= 11 is 0. The summed E-state index contributed by atoms with van der Waals surface area (Å²) in [5.41, 5.74) is 1.11. The lowest BCUT2D eigenvalue weighted by atomic mass is 10.2. The van der Waals surface area contributed by atoms with Crippen LogP contribution in [0, 0.1) is 0 Å². The van der Waals surface area contributed by atoms with Gasteiger partial charge in [0.05, 0.1) is 6.54 Å². The van der Waals surface area contributed by atoms with Crippen LogP contribution in [-0.4, -0.2) is 66.6 Å². The van der Waals surface area contributed by atoms with Gasteiger partial charge >= 0.3 is 0 Å². The monoisotopic (exact) mass is 317 g/mol. The Hall–Kier alpha value is -1.75. The molecule has 0 bridgehead atoms. The molecule has 1 aromatic rings. The van der Waals surface area contributed by atoms with E-state index in [1.807, 2.05) is 17.0 Å². The highest BCUT2D eigenvalue weighted by Crippen LogP contribution is 2.20. The van der Waals surface area contributed by atoms with Gasteiger partial charge in [-0.3, -0.25) is 9.69 Å². The fourth-order valence-electron chi connectivity index (χ4n) is 3.46. The van der Waals surface area contributed by atoms with Crippen LogP contribution in [0.4, 0.5) is 5.69 Å². The zero-order valence-corrected chi connectivity index (χ0v) is 13.8. The number of anilines is 1. The van der Waals surface area contributed by atoms with Gasteiger partial charge in [0.25, 0.3) is 0 Å². The number of carbonyl (C=O) groups is 1. The third-order valence-electron chi connectivity index (χ3n) is 4.90. The number of hydrogen-bond donors (Lipinski definition) is 1. The minimum atomic E-state index is 0.275. The number of nitrogens with zero attached hydrogens (tertiary/aromatic N) is 3. The predicted octanol–water partition coefficient (Wildman–Crippen LogP) is 1.92. The van der Waals surface area contributed by atoms with Gasteiger partial charge in [0.2, 0.25) is 5.91 Å². The lowest BCUT2D eigenvalue weighted by molar-refractivity contribution is -0.132. The van der Waals surface area contributed by atoms with Gasteiger partial charge in [-0.2, -0.15) is 0 Å². The van der Waals surface area contributed by atoms with Gasteiger partial charge in [0.1, 0.15) is 5.75 Å². The molecule has 5 heteroatoms. The van der Waals surface area contributed by atoms with Crippen molar-refractivity contribution in [3.8, 4) is 5.75 Å². The van der Waals surface area contributed by atoms with Gasteiger partial charge in [-0.1, -0.05) is 12.8 Å². The lowest BCUT2D eigenvalue weighted by Gasteiger charge is -2.37. The molecule has 2 fully saturated rings. The molecule has 0 saturated carbocycles. The van der Waals surface area contributed by atoms with Crippen LogP contribution in [0.5, 0.6) is 5.75 Å². The van der Waals surface area contributed by atoms with Crippen molar-refractivity contribution in [3.05, 3.63) is 24.3 Å². The van der Waals surface area contributed by atoms with Crippen LogP contribution < -0.4 is 4.90 Å². The molecule has 0 aliphatic carbocycles. The highest BCUT2D eigenvalue weighted by molar-refractivity contribution is 5.78. The van der Waals surface area contributed by atoms with E-state index in [9.17, 15) is 9.90 Å². The van der Waals surface area contributed by atoms with Gasteiger partial charge in [-0.05, 0) is 50.2 Å². The fourth-order valence-corrected chi connectivity index (χ4v) is 3.46. The first kappa shape index (κ1) is 16.1. The van der Waals surface area contributed by atoms with Crippen LogP contribution in [0.25, 0.3) is 0 Å². The molecule has 5 nitrogen and oxygen atoms in total. The van der Waals surface area contributed by atoms with Crippen LogP contribution in [0.15, 0.2) is 24.3 Å². The standard InChI is InChI=1S/C18H27N3O2/c22-17-7-5-16(6-8-17)20-11-13-21(14-12-20)18(23)15-19-9-3-1-2-4-10-19/h5-8,22H,1-4,9-15H2. The predicted molar refractivity (Wildman–Crippen MR) is 91.8 cm³/mol. The number of benzene rings is 1. The molecule has 1 aromatic carbocycles. The van der Waals surface area contributed by atoms with E-state index in [1.54, 1.807) is 12.1 Å². The van der Waals surface area contributed by atoms with Gasteiger partial charge in [0, 0.05) is 31.9 Å². The number of phenols is 1. The third-order valence-corrected chi connectivity index (χ3v) is 4.90. The van der Waals surface area contributed by atoms with Crippen molar-refractivity contribution in [3.63, 3.8) is 0 Å². The first-order chi connectivity index (χ1) is 11.2. The average Bonchev–Trinajstić information content (AvgIpc) is 2.84. The van der Waals surface area contributed by atoms with E-state index in [-0.39, 0.29) is 5.91 Å². The van der Waals surface area contributed by atoms with Gasteiger partial charge in [-0.25, -0.2) is 0 Å². The maximum Gasteiger partial charge on any atom is 0.236 e. The van der Waals surface area contributed by atoms with Crippen LogP contribution in [-0.2, 0) is 4.79 Å². The summed E-state index contributed by atoms with van der Waals surface area (Å²) in [6.07, 6.45) is 5.05. The van der Waals surface area contributed by atoms with Crippen molar-refractivity contribution in [2.24, 2.45) is 0 Å². The smallest absolute Gasteiger partial charge is 0.236 e. The quantitative estimate of drug-likeness (QED) is 0.925. The molecule has 2 aliphatic rings. The van der Waals surface area contributed by atoms with Crippen molar-refractivity contribution in [1.29, 1.82) is 0 Å². The number of rotatable bonds is 3. The van der Waals surface area contributed by atoms with Crippen LogP contribution in [0.1, 0.15) is 25.7 Å². The Labute approximate surface area is 138 Å². The van der Waals surface area contributed by atoms with Crippen molar-refractivity contribution >= 4 is 11.6 Å². The molecule has 1 amide bonds. The van der Waals surface area contributed by atoms with Gasteiger partial charge < -0.3 is 14.9 Å². The summed E-state index contributed by atoms with van der Waals surface area (Å²) < 4.78 is 0. The van der Waals surface area contributed by atoms with E-state index in [0.29, 0.717) is 12.3 Å². The lowest BCUT2D eigenvalue weighted by Crippen LogP contribution is -2.51. The molecule has 2 saturated heterocycles. The Balaban J connectivity index is 1.48. The van der Waals surface area contributed by atoms with Crippen molar-refractivity contribution in [2.75, 3.05) is 50.7 Å². The summed E-state index contributed by atoms with van der Waals surface area (Å²) in [5.74, 6) is 0.567. The summed E-state index contributed by atoms with van der Waals surface area (Å²) in [4.78, 5) is 19.1. The maximum atomic E-state index is 12.5. The number of hydrogen-bond acceptors (Lipinski definition) is 4. The maximum absolute atomic E-state index is 12.5. The largest absolute Gasteiger partial charge is 0.508 e. The number of carbonyl (C=O) groups excluding carboxylic acids is 1. The summed E-state index contributed by atoms with van der Waals surface area (Å²) in [7, 11) is 0. The Kier molecular flexibility index (Phi) is 5.39. The minimum Gasteiger partial charge on any atom is -0.508 e. The number of likely N-dealkylation sites (tertiary alicyclic amines) is 1. The second-order valence-corrected chi connectivity index (χ2v) is 6.57. The molecule has 2 heterocycles. The van der Waals surface area contributed by atoms with Crippen molar-refractivity contribution in [2.45, 2.75) is 25.7 Å². The second-order valence-electron chi connectivity index (χ2n) is 6.57. The van der Waals surface area contributed by atoms with Crippen LogP contribution >= 0.6 is 0 Å². The number of aromatic hydroxyl groups is 1. The molecule has 2 aliphatic heterocycles. The molecular formula is C18H27N3O2. The molecule has 0 radical (unpaired) electrons. The first-order valence-electron chi connectivity index (χ1n) is 8.76. The average molecular weight is 317 g/mol. The summed E-state index contributed by atoms with van der Waals surface area (Å²) in [6, 6.07) is 7.30. The van der Waals surface area contributed by atoms with E-state index in [2.05, 4.69) is 9.80 Å². The van der Waals surface area contributed by atoms with E-state index >= 15 is 0 Å². The van der Waals surface area contributed by atoms with Crippen molar-refractivity contribution < 1.29 is 9.90 Å². The molecule has 126 valence electrons. The highest BCUT2D eigenvalue weighted by Gasteiger charge is 2.23. The molecule has 3 rings (SSSR count). The Morgan fingerprint density at radius 3 is 2.09 bits per heavy atom. The fraction of sp³-hybridized carbons (Fsp3) is 0.611. The molecular weight excluding hydrogens is 290 g/mol. The molecule has 0 atom stereocenters. The third kappa shape index (κ3) is 4.38. The van der Waals surface area contributed by atoms with E-state index < -0.39 is 0 Å². The minimum absolute atomic E-state index is 0.275. The molecule has 0 aromatic heterocycles. The number of phenolic OH excluding ortho intramolecular Hbond substituents is 1. The Bertz CT molecular complexity index is 502. The first-order valence-corrected chi connectivity index (χ1v) is 8.76. The van der Waals surface area contributed by atoms with Crippen molar-refractivity contribution in [1.82, 2.24) is 9.80 Å². The zero-order chi connectivity index (χ0) is 16.1. The zero-order valence-electron chi connectivity index (χ0n) is 13.8. The van der Waals surface area contributed by atoms with Gasteiger partial charge in [0.15, 0.2) is 0 Å². The summed E-state index contributed by atoms with van der Waals surface area (Å²) in [6.45, 7) is 6.01. The topological polar surface area (TPSA) is 47.0 Å². The number of piperazine rings is 1. The molecule has 23 heavy (non-hydrogen) atoms. The molecule has 0 unspecified atom stereocenters. The highest BCUT2D eigenvalue weighted by atomic mass is 16.3.